The van der Waals surface area contributed by atoms with Gasteiger partial charge < -0.3 is 5.11 Å². The molecule has 0 amide bonds. The molecule has 1 N–H and O–H groups in total. The zero-order chi connectivity index (χ0) is 12.0. The molecule has 0 aliphatic rings. The molecule has 1 aromatic rings. The SMILES string of the molecule is CC.Cc1cc(C(=O)O)ccc1C(F)F. The maximum Gasteiger partial charge on any atom is 0.335 e. The second-order valence-corrected chi connectivity index (χ2v) is 2.68. The maximum atomic E-state index is 12.2. The molecule has 0 aliphatic carbocycles. The van der Waals surface area contributed by atoms with E-state index in [1.165, 1.54) is 19.1 Å². The van der Waals surface area contributed by atoms with Gasteiger partial charge in [-0.2, -0.15) is 0 Å². The van der Waals surface area contributed by atoms with Crippen LogP contribution in [0.4, 0.5) is 8.78 Å². The van der Waals surface area contributed by atoms with Gasteiger partial charge in [0, 0.05) is 5.56 Å². The zero-order valence-electron chi connectivity index (χ0n) is 8.92. The van der Waals surface area contributed by atoms with Gasteiger partial charge in [-0.15, -0.1) is 0 Å². The highest BCUT2D eigenvalue weighted by molar-refractivity contribution is 5.87. The van der Waals surface area contributed by atoms with Crippen molar-refractivity contribution in [2.24, 2.45) is 0 Å². The third-order valence-corrected chi connectivity index (χ3v) is 1.75. The van der Waals surface area contributed by atoms with Gasteiger partial charge >= 0.3 is 5.97 Å². The number of carbonyl (C=O) groups is 1. The van der Waals surface area contributed by atoms with Crippen LogP contribution in [0.1, 0.15) is 41.8 Å². The minimum Gasteiger partial charge on any atom is -0.478 e. The van der Waals surface area contributed by atoms with Gasteiger partial charge in [0.05, 0.1) is 5.56 Å². The fourth-order valence-corrected chi connectivity index (χ4v) is 1.05. The Balaban J connectivity index is 0.000000921. The van der Waals surface area contributed by atoms with E-state index in [-0.39, 0.29) is 11.1 Å². The van der Waals surface area contributed by atoms with E-state index in [4.69, 9.17) is 5.11 Å². The Hall–Kier alpha value is -1.45. The average Bonchev–Trinajstić information content (AvgIpc) is 2.20. The molecular weight excluding hydrogens is 202 g/mol. The first-order valence-electron chi connectivity index (χ1n) is 4.64. The molecule has 0 saturated heterocycles. The first-order valence-corrected chi connectivity index (χ1v) is 4.64. The van der Waals surface area contributed by atoms with Crippen LogP contribution in [-0.2, 0) is 0 Å². The van der Waals surface area contributed by atoms with E-state index in [0.29, 0.717) is 5.56 Å². The lowest BCUT2D eigenvalue weighted by molar-refractivity contribution is 0.0696. The van der Waals surface area contributed by atoms with Gasteiger partial charge in [-0.1, -0.05) is 19.9 Å². The molecule has 0 radical (unpaired) electrons. The van der Waals surface area contributed by atoms with Crippen LogP contribution in [0.5, 0.6) is 0 Å². The van der Waals surface area contributed by atoms with Gasteiger partial charge in [0.15, 0.2) is 0 Å². The monoisotopic (exact) mass is 216 g/mol. The van der Waals surface area contributed by atoms with Crippen LogP contribution in [0, 0.1) is 6.92 Å². The van der Waals surface area contributed by atoms with Gasteiger partial charge in [0.25, 0.3) is 6.43 Å². The van der Waals surface area contributed by atoms with Crippen LogP contribution < -0.4 is 0 Å². The Kier molecular flexibility index (Phi) is 5.52. The topological polar surface area (TPSA) is 37.3 Å². The summed E-state index contributed by atoms with van der Waals surface area (Å²) in [6.07, 6.45) is -2.55. The highest BCUT2D eigenvalue weighted by atomic mass is 19.3. The Labute approximate surface area is 87.5 Å². The smallest absolute Gasteiger partial charge is 0.335 e. The third-order valence-electron chi connectivity index (χ3n) is 1.75. The number of aromatic carboxylic acids is 1. The van der Waals surface area contributed by atoms with Crippen molar-refractivity contribution < 1.29 is 18.7 Å². The van der Waals surface area contributed by atoms with Gasteiger partial charge in [-0.3, -0.25) is 0 Å². The molecule has 0 unspecified atom stereocenters. The molecule has 4 heteroatoms. The second kappa shape index (κ2) is 6.11. The quantitative estimate of drug-likeness (QED) is 0.819. The van der Waals surface area contributed by atoms with E-state index in [1.54, 1.807) is 0 Å². The van der Waals surface area contributed by atoms with Gasteiger partial charge in [-0.05, 0) is 24.6 Å². The lowest BCUT2D eigenvalue weighted by Gasteiger charge is -2.04. The minimum atomic E-state index is -2.55. The van der Waals surface area contributed by atoms with Crippen molar-refractivity contribution in [3.05, 3.63) is 34.9 Å². The second-order valence-electron chi connectivity index (χ2n) is 2.68. The van der Waals surface area contributed by atoms with Crippen molar-refractivity contribution in [2.75, 3.05) is 0 Å². The van der Waals surface area contributed by atoms with E-state index in [9.17, 15) is 13.6 Å². The predicted molar refractivity (Wildman–Crippen MR) is 54.4 cm³/mol. The molecule has 0 aliphatic heterocycles. The summed E-state index contributed by atoms with van der Waals surface area (Å²) >= 11 is 0. The van der Waals surface area contributed by atoms with E-state index >= 15 is 0 Å². The molecule has 0 aromatic heterocycles. The Morgan fingerprint density at radius 3 is 2.20 bits per heavy atom. The molecule has 15 heavy (non-hydrogen) atoms. The Morgan fingerprint density at radius 1 is 1.33 bits per heavy atom. The molecule has 0 fully saturated rings. The number of halogens is 2. The summed E-state index contributed by atoms with van der Waals surface area (Å²) in [4.78, 5) is 10.4. The first-order chi connectivity index (χ1) is 7.02. The largest absolute Gasteiger partial charge is 0.478 e. The molecule has 0 bridgehead atoms. The molecule has 0 atom stereocenters. The maximum absolute atomic E-state index is 12.2. The average molecular weight is 216 g/mol. The van der Waals surface area contributed by atoms with Crippen LogP contribution in [0.3, 0.4) is 0 Å². The van der Waals surface area contributed by atoms with Crippen LogP contribution >= 0.6 is 0 Å². The first kappa shape index (κ1) is 13.5. The Bertz CT molecular complexity index is 335. The molecule has 0 heterocycles. The van der Waals surface area contributed by atoms with Gasteiger partial charge in [0.2, 0.25) is 0 Å². The van der Waals surface area contributed by atoms with Crippen LogP contribution in [0.25, 0.3) is 0 Å². The number of aryl methyl sites for hydroxylation is 1. The van der Waals surface area contributed by atoms with Crippen molar-refractivity contribution in [3.8, 4) is 0 Å². The number of benzene rings is 1. The van der Waals surface area contributed by atoms with E-state index in [0.717, 1.165) is 6.07 Å². The van der Waals surface area contributed by atoms with E-state index in [2.05, 4.69) is 0 Å². The summed E-state index contributed by atoms with van der Waals surface area (Å²) in [5.41, 5.74) is 0.210. The standard InChI is InChI=1S/C9H8F2O2.C2H6/c1-5-4-6(9(12)13)2-3-7(5)8(10)11;1-2/h2-4,8H,1H3,(H,12,13);1-2H3. The normalized spacial score (nSPS) is 9.47. The summed E-state index contributed by atoms with van der Waals surface area (Å²) < 4.78 is 24.4. The number of carboxylic acids is 1. The zero-order valence-corrected chi connectivity index (χ0v) is 8.92. The van der Waals surface area contributed by atoms with Crippen molar-refractivity contribution in [3.63, 3.8) is 0 Å². The number of hydrogen-bond acceptors (Lipinski definition) is 1. The van der Waals surface area contributed by atoms with E-state index < -0.39 is 12.4 Å². The molecule has 1 rings (SSSR count). The van der Waals surface area contributed by atoms with Crippen LogP contribution in [-0.4, -0.2) is 11.1 Å². The molecule has 1 aromatic carbocycles. The summed E-state index contributed by atoms with van der Waals surface area (Å²) in [5, 5.41) is 8.55. The van der Waals surface area contributed by atoms with Crippen molar-refractivity contribution in [1.29, 1.82) is 0 Å². The molecule has 0 saturated carbocycles. The fraction of sp³-hybridized carbons (Fsp3) is 0.364. The third kappa shape index (κ3) is 3.65. The predicted octanol–water partition coefficient (Wildman–Crippen LogP) is 3.66. The number of rotatable bonds is 2. The van der Waals surface area contributed by atoms with Crippen LogP contribution in [0.2, 0.25) is 0 Å². The number of alkyl halides is 2. The van der Waals surface area contributed by atoms with Crippen molar-refractivity contribution in [1.82, 2.24) is 0 Å². The molecule has 2 nitrogen and oxygen atoms in total. The molecule has 84 valence electrons. The lowest BCUT2D eigenvalue weighted by Crippen LogP contribution is -1.98. The van der Waals surface area contributed by atoms with Gasteiger partial charge in [0.1, 0.15) is 0 Å². The van der Waals surface area contributed by atoms with Crippen molar-refractivity contribution >= 4 is 5.97 Å². The highest BCUT2D eigenvalue weighted by Crippen LogP contribution is 2.23. The Morgan fingerprint density at radius 2 is 1.87 bits per heavy atom. The summed E-state index contributed by atoms with van der Waals surface area (Å²) in [5.74, 6) is -1.11. The molecular formula is C11H14F2O2. The highest BCUT2D eigenvalue weighted by Gasteiger charge is 2.12. The summed E-state index contributed by atoms with van der Waals surface area (Å²) in [6, 6.07) is 3.56. The fourth-order valence-electron chi connectivity index (χ4n) is 1.05. The minimum absolute atomic E-state index is 0.0295. The molecule has 0 spiro atoms. The summed E-state index contributed by atoms with van der Waals surface area (Å²) in [6.45, 7) is 5.47. The number of carboxylic acid groups (broad SMARTS) is 1. The van der Waals surface area contributed by atoms with Crippen LogP contribution in [0.15, 0.2) is 18.2 Å². The van der Waals surface area contributed by atoms with Crippen molar-refractivity contribution in [2.45, 2.75) is 27.2 Å². The lowest BCUT2D eigenvalue weighted by atomic mass is 10.1. The summed E-state index contributed by atoms with van der Waals surface area (Å²) in [7, 11) is 0. The number of hydrogen-bond donors (Lipinski definition) is 1. The van der Waals surface area contributed by atoms with Gasteiger partial charge in [-0.25, -0.2) is 13.6 Å². The van der Waals surface area contributed by atoms with E-state index in [1.807, 2.05) is 13.8 Å².